The number of carbonyl (C=O) groups excluding carboxylic acids is 1. The molecule has 0 saturated carbocycles. The number of carbonyl (C=O) groups is 1. The molecule has 88 valence electrons. The summed E-state index contributed by atoms with van der Waals surface area (Å²) in [7, 11) is 0. The van der Waals surface area contributed by atoms with Crippen molar-refractivity contribution in [1.29, 1.82) is 0 Å². The number of aryl methyl sites for hydroxylation is 1. The molecule has 2 rings (SSSR count). The van der Waals surface area contributed by atoms with Crippen LogP contribution in [0.3, 0.4) is 0 Å². The zero-order valence-electron chi connectivity index (χ0n) is 9.64. The fraction of sp³-hybridized carbons (Fsp3) is 0.250. The molecule has 1 aromatic carbocycles. The quantitative estimate of drug-likeness (QED) is 0.733. The number of hydrogen-bond acceptors (Lipinski definition) is 4. The van der Waals surface area contributed by atoms with Crippen molar-refractivity contribution >= 4 is 16.7 Å². The first-order valence-electron chi connectivity index (χ1n) is 5.31. The van der Waals surface area contributed by atoms with E-state index in [0.717, 1.165) is 0 Å². The lowest BCUT2D eigenvalue weighted by Crippen LogP contribution is -2.23. The van der Waals surface area contributed by atoms with E-state index in [4.69, 9.17) is 4.74 Å². The second kappa shape index (κ2) is 4.37. The predicted molar refractivity (Wildman–Crippen MR) is 63.0 cm³/mol. The van der Waals surface area contributed by atoms with Gasteiger partial charge in [-0.05, 0) is 19.1 Å². The normalized spacial score (nSPS) is 10.5. The summed E-state index contributed by atoms with van der Waals surface area (Å²) < 4.78 is 6.29. The molecule has 0 saturated heterocycles. The van der Waals surface area contributed by atoms with Crippen LogP contribution in [0.2, 0.25) is 0 Å². The molecule has 0 aliphatic heterocycles. The van der Waals surface area contributed by atoms with E-state index in [-0.39, 0.29) is 11.4 Å². The molecule has 1 aromatic heterocycles. The highest BCUT2D eigenvalue weighted by atomic mass is 16.5. The smallest absolute Gasteiger partial charge is 0.309 e. The van der Waals surface area contributed by atoms with Crippen LogP contribution in [0, 0.1) is 0 Å². The fourth-order valence-electron chi connectivity index (χ4n) is 1.63. The highest BCUT2D eigenvalue weighted by Gasteiger charge is 2.11. The predicted octanol–water partition coefficient (Wildman–Crippen LogP) is 1.34. The molecule has 2 aromatic rings. The molecule has 5 heteroatoms. The maximum Gasteiger partial charge on any atom is 0.309 e. The van der Waals surface area contributed by atoms with Crippen molar-refractivity contribution in [2.24, 2.45) is 0 Å². The molecule has 0 N–H and O–H groups in total. The lowest BCUT2D eigenvalue weighted by atomic mass is 10.2. The molecule has 0 atom stereocenters. The third kappa shape index (κ3) is 2.04. The maximum atomic E-state index is 12.0. The van der Waals surface area contributed by atoms with Crippen LogP contribution in [0.15, 0.2) is 29.1 Å². The Bertz CT molecular complexity index is 631. The van der Waals surface area contributed by atoms with Gasteiger partial charge in [0.2, 0.25) is 5.88 Å². The number of benzene rings is 1. The van der Waals surface area contributed by atoms with Crippen molar-refractivity contribution in [3.63, 3.8) is 0 Å². The van der Waals surface area contributed by atoms with Crippen molar-refractivity contribution in [2.45, 2.75) is 20.4 Å². The van der Waals surface area contributed by atoms with Gasteiger partial charge >= 0.3 is 5.97 Å². The summed E-state index contributed by atoms with van der Waals surface area (Å²) in [5.74, 6) is -0.279. The average Bonchev–Trinajstić information content (AvgIpc) is 2.32. The molecular formula is C12H12N2O3. The van der Waals surface area contributed by atoms with Crippen molar-refractivity contribution in [3.05, 3.63) is 34.6 Å². The van der Waals surface area contributed by atoms with Crippen LogP contribution in [-0.2, 0) is 11.3 Å². The minimum absolute atomic E-state index is 0.176. The number of ether oxygens (including phenoxy) is 1. The van der Waals surface area contributed by atoms with Crippen LogP contribution in [0.5, 0.6) is 5.88 Å². The van der Waals surface area contributed by atoms with E-state index in [2.05, 4.69) is 5.10 Å². The Morgan fingerprint density at radius 1 is 1.35 bits per heavy atom. The fourth-order valence-corrected chi connectivity index (χ4v) is 1.63. The van der Waals surface area contributed by atoms with E-state index in [1.54, 1.807) is 31.2 Å². The monoisotopic (exact) mass is 232 g/mol. The van der Waals surface area contributed by atoms with Crippen LogP contribution in [0.25, 0.3) is 10.8 Å². The lowest BCUT2D eigenvalue weighted by Gasteiger charge is -2.08. The number of nitrogens with zero attached hydrogens (tertiary/aromatic N) is 2. The summed E-state index contributed by atoms with van der Waals surface area (Å²) in [5.41, 5.74) is -0.181. The van der Waals surface area contributed by atoms with Gasteiger partial charge < -0.3 is 4.74 Å². The summed E-state index contributed by atoms with van der Waals surface area (Å²) in [6.07, 6.45) is 0. The van der Waals surface area contributed by atoms with Gasteiger partial charge in [0.25, 0.3) is 5.56 Å². The van der Waals surface area contributed by atoms with Gasteiger partial charge in [0.1, 0.15) is 0 Å². The summed E-state index contributed by atoms with van der Waals surface area (Å²) >= 11 is 0. The maximum absolute atomic E-state index is 12.0. The molecule has 0 fully saturated rings. The third-order valence-electron chi connectivity index (χ3n) is 2.37. The second-order valence-corrected chi connectivity index (χ2v) is 3.57. The number of esters is 1. The molecule has 0 unspecified atom stereocenters. The Morgan fingerprint density at radius 2 is 2.00 bits per heavy atom. The van der Waals surface area contributed by atoms with E-state index in [1.807, 2.05) is 0 Å². The highest BCUT2D eigenvalue weighted by Crippen LogP contribution is 2.19. The van der Waals surface area contributed by atoms with Crippen LogP contribution < -0.4 is 10.3 Å². The zero-order valence-corrected chi connectivity index (χ0v) is 9.64. The van der Waals surface area contributed by atoms with Crippen LogP contribution >= 0.6 is 0 Å². The minimum atomic E-state index is -0.455. The van der Waals surface area contributed by atoms with E-state index in [1.165, 1.54) is 11.6 Å². The van der Waals surface area contributed by atoms with Gasteiger partial charge in [0.05, 0.1) is 10.8 Å². The van der Waals surface area contributed by atoms with Crippen molar-refractivity contribution in [3.8, 4) is 5.88 Å². The number of hydrogen-bond donors (Lipinski definition) is 0. The summed E-state index contributed by atoms with van der Waals surface area (Å²) in [6, 6.07) is 6.94. The molecule has 17 heavy (non-hydrogen) atoms. The second-order valence-electron chi connectivity index (χ2n) is 3.57. The average molecular weight is 232 g/mol. The molecule has 0 aliphatic carbocycles. The Labute approximate surface area is 97.6 Å². The first-order valence-corrected chi connectivity index (χ1v) is 5.31. The SMILES string of the molecule is CCn1nc(OC(C)=O)c2ccccc2c1=O. The molecule has 0 amide bonds. The summed E-state index contributed by atoms with van der Waals surface area (Å²) in [5, 5.41) is 5.07. The van der Waals surface area contributed by atoms with Crippen LogP contribution in [0.1, 0.15) is 13.8 Å². The molecule has 0 aliphatic rings. The van der Waals surface area contributed by atoms with E-state index in [0.29, 0.717) is 17.3 Å². The number of aromatic nitrogens is 2. The van der Waals surface area contributed by atoms with E-state index in [9.17, 15) is 9.59 Å². The summed E-state index contributed by atoms with van der Waals surface area (Å²) in [6.45, 7) is 3.54. The van der Waals surface area contributed by atoms with E-state index < -0.39 is 5.97 Å². The molecular weight excluding hydrogens is 220 g/mol. The summed E-state index contributed by atoms with van der Waals surface area (Å²) in [4.78, 5) is 22.9. The first-order chi connectivity index (χ1) is 8.13. The highest BCUT2D eigenvalue weighted by molar-refractivity contribution is 5.87. The molecule has 1 heterocycles. The Hall–Kier alpha value is -2.17. The third-order valence-corrected chi connectivity index (χ3v) is 2.37. The van der Waals surface area contributed by atoms with Crippen molar-refractivity contribution in [2.75, 3.05) is 0 Å². The standard InChI is InChI=1S/C12H12N2O3/c1-3-14-12(16)10-7-5-4-6-9(10)11(13-14)17-8(2)15/h4-7H,3H2,1-2H3. The van der Waals surface area contributed by atoms with E-state index >= 15 is 0 Å². The topological polar surface area (TPSA) is 61.2 Å². The molecule has 5 nitrogen and oxygen atoms in total. The minimum Gasteiger partial charge on any atom is -0.405 e. The molecule has 0 bridgehead atoms. The van der Waals surface area contributed by atoms with Gasteiger partial charge in [0, 0.05) is 13.5 Å². The largest absolute Gasteiger partial charge is 0.405 e. The Balaban J connectivity index is 2.78. The zero-order chi connectivity index (χ0) is 12.4. The molecule has 0 radical (unpaired) electrons. The Kier molecular flexibility index (Phi) is 2.91. The number of rotatable bonds is 2. The van der Waals surface area contributed by atoms with Crippen molar-refractivity contribution < 1.29 is 9.53 Å². The van der Waals surface area contributed by atoms with Gasteiger partial charge in [-0.25, -0.2) is 4.68 Å². The van der Waals surface area contributed by atoms with Gasteiger partial charge in [-0.1, -0.05) is 12.1 Å². The Morgan fingerprint density at radius 3 is 2.59 bits per heavy atom. The van der Waals surface area contributed by atoms with Gasteiger partial charge in [-0.3, -0.25) is 9.59 Å². The van der Waals surface area contributed by atoms with Crippen LogP contribution in [-0.4, -0.2) is 15.7 Å². The first kappa shape index (κ1) is 11.3. The lowest BCUT2D eigenvalue weighted by molar-refractivity contribution is -0.132. The number of fused-ring (bicyclic) bond motifs is 1. The molecule has 0 spiro atoms. The van der Waals surface area contributed by atoms with Crippen molar-refractivity contribution in [1.82, 2.24) is 9.78 Å². The van der Waals surface area contributed by atoms with Crippen LogP contribution in [0.4, 0.5) is 0 Å². The van der Waals surface area contributed by atoms with Gasteiger partial charge in [0.15, 0.2) is 0 Å². The van der Waals surface area contributed by atoms with Gasteiger partial charge in [-0.2, -0.15) is 0 Å². The van der Waals surface area contributed by atoms with Gasteiger partial charge in [-0.15, -0.1) is 5.10 Å².